The third-order valence-electron chi connectivity index (χ3n) is 3.44. The molecule has 1 saturated carbocycles. The Morgan fingerprint density at radius 3 is 2.85 bits per heavy atom. The highest BCUT2D eigenvalue weighted by Gasteiger charge is 2.43. The molecule has 5 heteroatoms. The number of hydrogen-bond donors (Lipinski definition) is 1. The van der Waals surface area contributed by atoms with E-state index in [0.717, 1.165) is 19.4 Å². The quantitative estimate of drug-likeness (QED) is 0.837. The highest BCUT2D eigenvalue weighted by molar-refractivity contribution is 6.30. The van der Waals surface area contributed by atoms with Crippen molar-refractivity contribution in [1.29, 1.82) is 0 Å². The molecule has 112 valence electrons. The normalized spacial score (nSPS) is 25.3. The van der Waals surface area contributed by atoms with E-state index < -0.39 is 5.82 Å². The predicted molar refractivity (Wildman–Crippen MR) is 77.9 cm³/mol. The van der Waals surface area contributed by atoms with Crippen LogP contribution < -0.4 is 10.1 Å². The summed E-state index contributed by atoms with van der Waals surface area (Å²) in [6.45, 7) is 5.71. The van der Waals surface area contributed by atoms with Crippen LogP contribution in [0.4, 0.5) is 4.39 Å². The van der Waals surface area contributed by atoms with Gasteiger partial charge in [-0.1, -0.05) is 18.5 Å². The molecule has 3 nitrogen and oxygen atoms in total. The van der Waals surface area contributed by atoms with Gasteiger partial charge in [-0.15, -0.1) is 0 Å². The van der Waals surface area contributed by atoms with Gasteiger partial charge in [0.2, 0.25) is 0 Å². The van der Waals surface area contributed by atoms with Gasteiger partial charge in [0.05, 0.1) is 5.02 Å². The van der Waals surface area contributed by atoms with Crippen molar-refractivity contribution >= 4 is 11.6 Å². The minimum Gasteiger partial charge on any atom is -0.487 e. The standard InChI is InChI=1S/C15H21ClFNO2/c1-3-7-18-13-9-14(15(13)19-4-2)20-10-5-6-11(16)12(17)8-10/h5-6,8,13-15,18H,3-4,7,9H2,1-2H3. The first-order valence-corrected chi connectivity index (χ1v) is 7.50. The van der Waals surface area contributed by atoms with Crippen LogP contribution in [-0.4, -0.2) is 31.4 Å². The van der Waals surface area contributed by atoms with Gasteiger partial charge in [-0.2, -0.15) is 0 Å². The number of hydrogen-bond acceptors (Lipinski definition) is 3. The molecule has 0 aromatic heterocycles. The van der Waals surface area contributed by atoms with Crippen LogP contribution >= 0.6 is 11.6 Å². The molecule has 0 aliphatic heterocycles. The van der Waals surface area contributed by atoms with Crippen LogP contribution in [0.5, 0.6) is 5.75 Å². The Hall–Kier alpha value is -0.840. The van der Waals surface area contributed by atoms with Crippen molar-refractivity contribution in [2.24, 2.45) is 0 Å². The van der Waals surface area contributed by atoms with Gasteiger partial charge in [0.1, 0.15) is 23.8 Å². The van der Waals surface area contributed by atoms with Gasteiger partial charge in [-0.05, 0) is 32.0 Å². The van der Waals surface area contributed by atoms with Gasteiger partial charge in [0, 0.05) is 25.1 Å². The van der Waals surface area contributed by atoms with E-state index in [9.17, 15) is 4.39 Å². The molecule has 1 aromatic carbocycles. The molecule has 0 radical (unpaired) electrons. The lowest BCUT2D eigenvalue weighted by atomic mass is 9.85. The number of benzene rings is 1. The lowest BCUT2D eigenvalue weighted by molar-refractivity contribution is -0.104. The maximum atomic E-state index is 13.4. The fraction of sp³-hybridized carbons (Fsp3) is 0.600. The zero-order valence-electron chi connectivity index (χ0n) is 11.9. The van der Waals surface area contributed by atoms with Crippen molar-refractivity contribution in [3.63, 3.8) is 0 Å². The smallest absolute Gasteiger partial charge is 0.145 e. The first-order valence-electron chi connectivity index (χ1n) is 7.12. The summed E-state index contributed by atoms with van der Waals surface area (Å²) in [7, 11) is 0. The summed E-state index contributed by atoms with van der Waals surface area (Å²) in [5, 5.41) is 3.55. The minimum absolute atomic E-state index is 0.0188. The van der Waals surface area contributed by atoms with Crippen LogP contribution in [0.3, 0.4) is 0 Å². The highest BCUT2D eigenvalue weighted by atomic mass is 35.5. The van der Waals surface area contributed by atoms with E-state index in [1.165, 1.54) is 12.1 Å². The van der Waals surface area contributed by atoms with Crippen molar-refractivity contribution in [3.05, 3.63) is 29.0 Å². The van der Waals surface area contributed by atoms with Crippen molar-refractivity contribution in [1.82, 2.24) is 5.32 Å². The number of halogens is 2. The second-order valence-corrected chi connectivity index (χ2v) is 5.36. The second kappa shape index (κ2) is 7.25. The summed E-state index contributed by atoms with van der Waals surface area (Å²) in [6, 6.07) is 4.82. The molecule has 1 aromatic rings. The summed E-state index contributed by atoms with van der Waals surface area (Å²) < 4.78 is 24.9. The van der Waals surface area contributed by atoms with Crippen LogP contribution in [0.15, 0.2) is 18.2 Å². The first kappa shape index (κ1) is 15.5. The Labute approximate surface area is 124 Å². The molecule has 0 bridgehead atoms. The van der Waals surface area contributed by atoms with Crippen molar-refractivity contribution in [3.8, 4) is 5.75 Å². The van der Waals surface area contributed by atoms with Gasteiger partial charge in [0.25, 0.3) is 0 Å². The molecule has 0 saturated heterocycles. The van der Waals surface area contributed by atoms with E-state index in [4.69, 9.17) is 21.1 Å². The molecule has 20 heavy (non-hydrogen) atoms. The molecule has 2 rings (SSSR count). The summed E-state index contributed by atoms with van der Waals surface area (Å²) >= 11 is 5.66. The van der Waals surface area contributed by atoms with E-state index in [2.05, 4.69) is 12.2 Å². The molecular weight excluding hydrogens is 281 g/mol. The molecule has 1 N–H and O–H groups in total. The Morgan fingerprint density at radius 1 is 1.40 bits per heavy atom. The van der Waals surface area contributed by atoms with Crippen molar-refractivity contribution < 1.29 is 13.9 Å². The molecule has 1 fully saturated rings. The summed E-state index contributed by atoms with van der Waals surface area (Å²) in [5.74, 6) is 0.0349. The monoisotopic (exact) mass is 301 g/mol. The summed E-state index contributed by atoms with van der Waals surface area (Å²) in [6.07, 6.45) is 1.94. The lowest BCUT2D eigenvalue weighted by Gasteiger charge is -2.44. The molecule has 3 atom stereocenters. The Balaban J connectivity index is 1.93. The summed E-state index contributed by atoms with van der Waals surface area (Å²) in [4.78, 5) is 0. The van der Waals surface area contributed by atoms with Crippen LogP contribution in [0.2, 0.25) is 5.02 Å². The molecule has 0 heterocycles. The highest BCUT2D eigenvalue weighted by Crippen LogP contribution is 2.30. The van der Waals surface area contributed by atoms with Crippen LogP contribution in [-0.2, 0) is 4.74 Å². The predicted octanol–water partition coefficient (Wildman–Crippen LogP) is 3.40. The molecule has 0 amide bonds. The maximum absolute atomic E-state index is 13.4. The van der Waals surface area contributed by atoms with Gasteiger partial charge in [-0.25, -0.2) is 4.39 Å². The van der Waals surface area contributed by atoms with Crippen molar-refractivity contribution in [2.45, 2.75) is 44.9 Å². The van der Waals surface area contributed by atoms with E-state index in [1.54, 1.807) is 6.07 Å². The summed E-state index contributed by atoms with van der Waals surface area (Å²) in [5.41, 5.74) is 0. The third kappa shape index (κ3) is 3.62. The Morgan fingerprint density at radius 2 is 2.20 bits per heavy atom. The average Bonchev–Trinajstić information content (AvgIpc) is 2.43. The molecule has 1 aliphatic carbocycles. The van der Waals surface area contributed by atoms with E-state index in [1.807, 2.05) is 6.92 Å². The fourth-order valence-corrected chi connectivity index (χ4v) is 2.48. The van der Waals surface area contributed by atoms with Gasteiger partial charge < -0.3 is 14.8 Å². The lowest BCUT2D eigenvalue weighted by Crippen LogP contribution is -2.61. The molecular formula is C15H21ClFNO2. The van der Waals surface area contributed by atoms with E-state index in [-0.39, 0.29) is 17.2 Å². The zero-order valence-corrected chi connectivity index (χ0v) is 12.6. The Bertz CT molecular complexity index is 444. The minimum atomic E-state index is -0.461. The average molecular weight is 302 g/mol. The maximum Gasteiger partial charge on any atom is 0.145 e. The zero-order chi connectivity index (χ0) is 14.5. The van der Waals surface area contributed by atoms with Crippen LogP contribution in [0, 0.1) is 5.82 Å². The SMILES string of the molecule is CCCNC1CC(Oc2ccc(Cl)c(F)c2)C1OCC. The molecule has 0 spiro atoms. The van der Waals surface area contributed by atoms with Crippen LogP contribution in [0.1, 0.15) is 26.7 Å². The van der Waals surface area contributed by atoms with Crippen LogP contribution in [0.25, 0.3) is 0 Å². The largest absolute Gasteiger partial charge is 0.487 e. The number of rotatable bonds is 7. The fourth-order valence-electron chi connectivity index (χ4n) is 2.37. The van der Waals surface area contributed by atoms with Gasteiger partial charge >= 0.3 is 0 Å². The van der Waals surface area contributed by atoms with E-state index >= 15 is 0 Å². The second-order valence-electron chi connectivity index (χ2n) is 4.95. The van der Waals surface area contributed by atoms with Gasteiger partial charge in [-0.3, -0.25) is 0 Å². The topological polar surface area (TPSA) is 30.5 Å². The first-order chi connectivity index (χ1) is 9.65. The van der Waals surface area contributed by atoms with Gasteiger partial charge in [0.15, 0.2) is 0 Å². The molecule has 3 unspecified atom stereocenters. The third-order valence-corrected chi connectivity index (χ3v) is 3.75. The Kier molecular flexibility index (Phi) is 5.64. The number of nitrogens with one attached hydrogen (secondary N) is 1. The van der Waals surface area contributed by atoms with Crippen molar-refractivity contribution in [2.75, 3.05) is 13.2 Å². The molecule has 1 aliphatic rings. The number of ether oxygens (including phenoxy) is 2. The van der Waals surface area contributed by atoms with E-state index in [0.29, 0.717) is 18.4 Å².